The number of nitrogens with zero attached hydrogens (tertiary/aromatic N) is 1. The SMILES string of the molecule is S=C(Oc1ccc(-c2ccccc2)cc1)N1CCOCC1. The fourth-order valence-electron chi connectivity index (χ4n) is 2.26. The van der Waals surface area contributed by atoms with Gasteiger partial charge in [0.25, 0.3) is 5.17 Å². The predicted molar refractivity (Wildman–Crippen MR) is 87.5 cm³/mol. The molecule has 108 valence electrons. The number of morpholine rings is 1. The summed E-state index contributed by atoms with van der Waals surface area (Å²) in [5.74, 6) is 0.770. The molecule has 0 spiro atoms. The lowest BCUT2D eigenvalue weighted by Crippen LogP contribution is -2.42. The summed E-state index contributed by atoms with van der Waals surface area (Å²) in [6.07, 6.45) is 0. The molecular formula is C17H17NO2S. The lowest BCUT2D eigenvalue weighted by atomic mass is 10.1. The molecule has 0 amide bonds. The van der Waals surface area contributed by atoms with Gasteiger partial charge in [-0.25, -0.2) is 0 Å². The second kappa shape index (κ2) is 6.70. The number of benzene rings is 2. The van der Waals surface area contributed by atoms with Gasteiger partial charge in [0, 0.05) is 13.1 Å². The Hall–Kier alpha value is -1.91. The fourth-order valence-corrected chi connectivity index (χ4v) is 2.54. The van der Waals surface area contributed by atoms with Gasteiger partial charge in [0.2, 0.25) is 0 Å². The van der Waals surface area contributed by atoms with Crippen molar-refractivity contribution in [3.63, 3.8) is 0 Å². The van der Waals surface area contributed by atoms with E-state index in [4.69, 9.17) is 21.7 Å². The van der Waals surface area contributed by atoms with Crippen LogP contribution in [0.15, 0.2) is 54.6 Å². The highest BCUT2D eigenvalue weighted by atomic mass is 32.1. The van der Waals surface area contributed by atoms with Crippen LogP contribution in [-0.2, 0) is 4.74 Å². The largest absolute Gasteiger partial charge is 0.432 e. The van der Waals surface area contributed by atoms with E-state index in [1.54, 1.807) is 0 Å². The van der Waals surface area contributed by atoms with Crippen molar-refractivity contribution >= 4 is 17.4 Å². The Balaban J connectivity index is 1.65. The Morgan fingerprint density at radius 3 is 2.19 bits per heavy atom. The molecule has 1 aliphatic rings. The van der Waals surface area contributed by atoms with Gasteiger partial charge < -0.3 is 14.4 Å². The summed E-state index contributed by atoms with van der Waals surface area (Å²) in [7, 11) is 0. The van der Waals surface area contributed by atoms with Gasteiger partial charge in [-0.2, -0.15) is 0 Å². The summed E-state index contributed by atoms with van der Waals surface area (Å²) in [5, 5.41) is 0.519. The van der Waals surface area contributed by atoms with Gasteiger partial charge in [-0.1, -0.05) is 42.5 Å². The number of rotatable bonds is 2. The van der Waals surface area contributed by atoms with Gasteiger partial charge in [-0.05, 0) is 35.5 Å². The molecule has 21 heavy (non-hydrogen) atoms. The molecule has 1 heterocycles. The van der Waals surface area contributed by atoms with Crippen LogP contribution in [0.3, 0.4) is 0 Å². The zero-order valence-electron chi connectivity index (χ0n) is 11.7. The highest BCUT2D eigenvalue weighted by Gasteiger charge is 2.15. The number of thiocarbonyl (C=S) groups is 1. The van der Waals surface area contributed by atoms with Crippen LogP contribution in [0.4, 0.5) is 0 Å². The van der Waals surface area contributed by atoms with Crippen LogP contribution in [0, 0.1) is 0 Å². The third-order valence-electron chi connectivity index (χ3n) is 3.44. The van der Waals surface area contributed by atoms with E-state index < -0.39 is 0 Å². The van der Waals surface area contributed by atoms with Crippen molar-refractivity contribution in [3.05, 3.63) is 54.6 Å². The Kier molecular flexibility index (Phi) is 4.48. The molecule has 0 atom stereocenters. The number of hydrogen-bond acceptors (Lipinski definition) is 3. The maximum absolute atomic E-state index is 5.75. The van der Waals surface area contributed by atoms with Crippen molar-refractivity contribution in [2.75, 3.05) is 26.3 Å². The van der Waals surface area contributed by atoms with Crippen LogP contribution >= 0.6 is 12.2 Å². The lowest BCUT2D eigenvalue weighted by Gasteiger charge is -2.28. The molecule has 0 N–H and O–H groups in total. The molecule has 0 aromatic heterocycles. The first kappa shape index (κ1) is 14.0. The second-order valence-electron chi connectivity index (χ2n) is 4.86. The van der Waals surface area contributed by atoms with E-state index in [1.807, 2.05) is 47.4 Å². The summed E-state index contributed by atoms with van der Waals surface area (Å²) in [6, 6.07) is 18.3. The van der Waals surface area contributed by atoms with E-state index in [0.717, 1.165) is 18.8 Å². The molecular weight excluding hydrogens is 282 g/mol. The van der Waals surface area contributed by atoms with Gasteiger partial charge in [0.1, 0.15) is 5.75 Å². The summed E-state index contributed by atoms with van der Waals surface area (Å²) in [6.45, 7) is 2.99. The second-order valence-corrected chi connectivity index (χ2v) is 5.21. The lowest BCUT2D eigenvalue weighted by molar-refractivity contribution is 0.0631. The van der Waals surface area contributed by atoms with Gasteiger partial charge >= 0.3 is 0 Å². The molecule has 1 fully saturated rings. The Morgan fingerprint density at radius 2 is 1.52 bits per heavy atom. The smallest absolute Gasteiger partial charge is 0.264 e. The van der Waals surface area contributed by atoms with Crippen LogP contribution in [0.1, 0.15) is 0 Å². The van der Waals surface area contributed by atoms with E-state index in [2.05, 4.69) is 12.1 Å². The highest BCUT2D eigenvalue weighted by molar-refractivity contribution is 7.80. The average Bonchev–Trinajstić information content (AvgIpc) is 2.57. The standard InChI is InChI=1S/C17H17NO2S/c21-17(18-10-12-19-13-11-18)20-16-8-6-15(7-9-16)14-4-2-1-3-5-14/h1-9H,10-13H2. The van der Waals surface area contributed by atoms with Crippen LogP contribution in [0.5, 0.6) is 5.75 Å². The molecule has 3 nitrogen and oxygen atoms in total. The summed E-state index contributed by atoms with van der Waals surface area (Å²) < 4.78 is 11.1. The van der Waals surface area contributed by atoms with E-state index in [0.29, 0.717) is 18.4 Å². The van der Waals surface area contributed by atoms with Crippen molar-refractivity contribution in [2.45, 2.75) is 0 Å². The molecule has 1 saturated heterocycles. The minimum Gasteiger partial charge on any atom is -0.432 e. The Bertz CT molecular complexity index is 592. The van der Waals surface area contributed by atoms with Crippen molar-refractivity contribution in [1.29, 1.82) is 0 Å². The zero-order valence-corrected chi connectivity index (χ0v) is 12.5. The maximum Gasteiger partial charge on any atom is 0.264 e. The van der Waals surface area contributed by atoms with Crippen molar-refractivity contribution in [3.8, 4) is 16.9 Å². The highest BCUT2D eigenvalue weighted by Crippen LogP contribution is 2.22. The Labute approximate surface area is 130 Å². The van der Waals surface area contributed by atoms with Crippen LogP contribution in [-0.4, -0.2) is 36.4 Å². The van der Waals surface area contributed by atoms with E-state index >= 15 is 0 Å². The van der Waals surface area contributed by atoms with E-state index in [-0.39, 0.29) is 0 Å². The molecule has 2 aromatic rings. The van der Waals surface area contributed by atoms with E-state index in [1.165, 1.54) is 11.1 Å². The molecule has 0 bridgehead atoms. The van der Waals surface area contributed by atoms with Gasteiger partial charge in [-0.3, -0.25) is 0 Å². The quantitative estimate of drug-likeness (QED) is 0.793. The van der Waals surface area contributed by atoms with Crippen LogP contribution in [0.25, 0.3) is 11.1 Å². The molecule has 1 aliphatic heterocycles. The maximum atomic E-state index is 5.75. The fraction of sp³-hybridized carbons (Fsp3) is 0.235. The van der Waals surface area contributed by atoms with Gasteiger partial charge in [0.15, 0.2) is 0 Å². The monoisotopic (exact) mass is 299 g/mol. The molecule has 2 aromatic carbocycles. The molecule has 3 rings (SSSR count). The third kappa shape index (κ3) is 3.60. The average molecular weight is 299 g/mol. The summed E-state index contributed by atoms with van der Waals surface area (Å²) >= 11 is 5.33. The molecule has 4 heteroatoms. The minimum atomic E-state index is 0.519. The van der Waals surface area contributed by atoms with Crippen molar-refractivity contribution in [2.24, 2.45) is 0 Å². The normalized spacial score (nSPS) is 14.8. The van der Waals surface area contributed by atoms with Crippen LogP contribution in [0.2, 0.25) is 0 Å². The number of ether oxygens (including phenoxy) is 2. The van der Waals surface area contributed by atoms with Crippen molar-refractivity contribution < 1.29 is 9.47 Å². The third-order valence-corrected chi connectivity index (χ3v) is 3.78. The first-order chi connectivity index (χ1) is 10.3. The molecule has 0 radical (unpaired) electrons. The molecule has 0 saturated carbocycles. The number of hydrogen-bond donors (Lipinski definition) is 0. The predicted octanol–water partition coefficient (Wildman–Crippen LogP) is 3.35. The molecule has 0 unspecified atom stereocenters. The zero-order chi connectivity index (χ0) is 14.5. The van der Waals surface area contributed by atoms with E-state index in [9.17, 15) is 0 Å². The van der Waals surface area contributed by atoms with Crippen LogP contribution < -0.4 is 4.74 Å². The van der Waals surface area contributed by atoms with Gasteiger partial charge in [-0.15, -0.1) is 0 Å². The minimum absolute atomic E-state index is 0.519. The Morgan fingerprint density at radius 1 is 0.905 bits per heavy atom. The topological polar surface area (TPSA) is 21.7 Å². The first-order valence-corrected chi connectivity index (χ1v) is 7.44. The first-order valence-electron chi connectivity index (χ1n) is 7.03. The van der Waals surface area contributed by atoms with Crippen molar-refractivity contribution in [1.82, 2.24) is 4.90 Å². The summed E-state index contributed by atoms with van der Waals surface area (Å²) in [4.78, 5) is 2.03. The van der Waals surface area contributed by atoms with Gasteiger partial charge in [0.05, 0.1) is 13.2 Å². The summed E-state index contributed by atoms with van der Waals surface area (Å²) in [5.41, 5.74) is 2.36. The molecule has 0 aliphatic carbocycles.